The molecule has 0 N–H and O–H groups in total. The molecule has 3 aromatic rings. The number of nitrogens with zero attached hydrogens (tertiary/aromatic N) is 5. The van der Waals surface area contributed by atoms with E-state index in [1.54, 1.807) is 4.90 Å². The lowest BCUT2D eigenvalue weighted by Gasteiger charge is -2.34. The topological polar surface area (TPSA) is 86.3 Å². The molecule has 0 spiro atoms. The molecule has 0 unspecified atom stereocenters. The van der Waals surface area contributed by atoms with Crippen LogP contribution in [0.15, 0.2) is 16.7 Å². The lowest BCUT2D eigenvalue weighted by molar-refractivity contribution is 0.175. The maximum Gasteiger partial charge on any atom is 0.414 e. The van der Waals surface area contributed by atoms with Crippen LogP contribution < -0.4 is 4.90 Å². The number of carbonyl (C=O) groups excluding carboxylic acids is 1. The molecule has 1 amide bonds. The molecule has 3 heterocycles. The van der Waals surface area contributed by atoms with Crippen molar-refractivity contribution >= 4 is 22.8 Å². The van der Waals surface area contributed by atoms with E-state index in [-0.39, 0.29) is 12.1 Å². The average molecular weight is 438 g/mol. The van der Waals surface area contributed by atoms with Crippen LogP contribution in [-0.4, -0.2) is 38.9 Å². The van der Waals surface area contributed by atoms with Crippen LogP contribution in [0.3, 0.4) is 0 Å². The second kappa shape index (κ2) is 8.56. The Morgan fingerprint density at radius 1 is 1.16 bits per heavy atom. The number of hydrogen-bond donors (Lipinski definition) is 0. The lowest BCUT2D eigenvalue weighted by Crippen LogP contribution is -2.42. The average Bonchev–Trinajstić information content (AvgIpc) is 3.40. The van der Waals surface area contributed by atoms with Gasteiger partial charge in [-0.1, -0.05) is 24.4 Å². The third kappa shape index (κ3) is 3.65. The first kappa shape index (κ1) is 21.0. The van der Waals surface area contributed by atoms with Crippen LogP contribution in [0, 0.1) is 6.92 Å². The Labute approximate surface area is 187 Å². The number of benzene rings is 1. The maximum absolute atomic E-state index is 12.5. The number of amides is 1. The van der Waals surface area contributed by atoms with Crippen molar-refractivity contribution in [2.45, 2.75) is 83.7 Å². The Hall–Kier alpha value is -2.90. The molecule has 5 rings (SSSR count). The Morgan fingerprint density at radius 3 is 2.69 bits per heavy atom. The summed E-state index contributed by atoms with van der Waals surface area (Å²) in [5.41, 5.74) is 4.27. The molecule has 1 atom stereocenters. The van der Waals surface area contributed by atoms with Gasteiger partial charge >= 0.3 is 6.09 Å². The Kier molecular flexibility index (Phi) is 5.61. The summed E-state index contributed by atoms with van der Waals surface area (Å²) in [6.45, 7) is 3.91. The van der Waals surface area contributed by atoms with Gasteiger partial charge in [-0.15, -0.1) is 0 Å². The summed E-state index contributed by atoms with van der Waals surface area (Å²) < 4.78 is 12.9. The molecule has 8 nitrogen and oxygen atoms in total. The van der Waals surface area contributed by atoms with Gasteiger partial charge in [0.1, 0.15) is 5.82 Å². The van der Waals surface area contributed by atoms with Crippen molar-refractivity contribution in [3.63, 3.8) is 0 Å². The van der Waals surface area contributed by atoms with Crippen LogP contribution in [0.2, 0.25) is 0 Å². The van der Waals surface area contributed by atoms with Gasteiger partial charge in [-0.25, -0.2) is 9.78 Å². The van der Waals surface area contributed by atoms with Crippen molar-refractivity contribution in [3.8, 4) is 0 Å². The van der Waals surface area contributed by atoms with Gasteiger partial charge in [-0.2, -0.15) is 4.98 Å². The SMILES string of the molecule is COC(=O)N1c2ccc3c(nc(CCc4nc(C)no4)n3C3CCCCC3)c2CC[C@@H]1C. The number of rotatable bonds is 4. The first-order valence-electron chi connectivity index (χ1n) is 11.8. The van der Waals surface area contributed by atoms with Crippen molar-refractivity contribution in [3.05, 3.63) is 35.2 Å². The smallest absolute Gasteiger partial charge is 0.414 e. The van der Waals surface area contributed by atoms with Crippen LogP contribution >= 0.6 is 0 Å². The number of fused-ring (bicyclic) bond motifs is 3. The lowest BCUT2D eigenvalue weighted by atomic mass is 9.94. The number of aryl methyl sites for hydroxylation is 4. The highest BCUT2D eigenvalue weighted by Gasteiger charge is 2.32. The third-order valence-electron chi connectivity index (χ3n) is 6.97. The van der Waals surface area contributed by atoms with Gasteiger partial charge in [0.25, 0.3) is 0 Å². The van der Waals surface area contributed by atoms with E-state index in [1.807, 2.05) is 6.92 Å². The van der Waals surface area contributed by atoms with E-state index in [0.29, 0.717) is 24.2 Å². The van der Waals surface area contributed by atoms with Crippen molar-refractivity contribution in [2.75, 3.05) is 12.0 Å². The Balaban J connectivity index is 1.59. The van der Waals surface area contributed by atoms with Crippen molar-refractivity contribution in [1.82, 2.24) is 19.7 Å². The molecule has 1 fully saturated rings. The van der Waals surface area contributed by atoms with Gasteiger partial charge in [0.2, 0.25) is 5.89 Å². The van der Waals surface area contributed by atoms with Gasteiger partial charge in [0.15, 0.2) is 5.82 Å². The van der Waals surface area contributed by atoms with Crippen molar-refractivity contribution in [2.24, 2.45) is 0 Å². The zero-order chi connectivity index (χ0) is 22.2. The third-order valence-corrected chi connectivity index (χ3v) is 6.97. The summed E-state index contributed by atoms with van der Waals surface area (Å²) in [5.74, 6) is 2.38. The highest BCUT2D eigenvalue weighted by molar-refractivity contribution is 5.95. The van der Waals surface area contributed by atoms with Gasteiger partial charge in [-0.3, -0.25) is 4.90 Å². The summed E-state index contributed by atoms with van der Waals surface area (Å²) in [4.78, 5) is 23.8. The van der Waals surface area contributed by atoms with E-state index in [0.717, 1.165) is 41.9 Å². The quantitative estimate of drug-likeness (QED) is 0.575. The van der Waals surface area contributed by atoms with Gasteiger partial charge < -0.3 is 13.8 Å². The number of imidazole rings is 1. The summed E-state index contributed by atoms with van der Waals surface area (Å²) in [5, 5.41) is 3.92. The van der Waals surface area contributed by atoms with Crippen molar-refractivity contribution < 1.29 is 14.1 Å². The van der Waals surface area contributed by atoms with Gasteiger partial charge in [0, 0.05) is 30.5 Å². The molecule has 1 aliphatic heterocycles. The van der Waals surface area contributed by atoms with E-state index in [9.17, 15) is 4.79 Å². The normalized spacial score (nSPS) is 19.3. The van der Waals surface area contributed by atoms with Gasteiger partial charge in [-0.05, 0) is 51.7 Å². The van der Waals surface area contributed by atoms with Crippen molar-refractivity contribution in [1.29, 1.82) is 0 Å². The fourth-order valence-corrected chi connectivity index (χ4v) is 5.41. The number of methoxy groups -OCH3 is 1. The molecule has 1 saturated carbocycles. The maximum atomic E-state index is 12.5. The highest BCUT2D eigenvalue weighted by atomic mass is 16.5. The van der Waals surface area contributed by atoms with E-state index < -0.39 is 0 Å². The minimum absolute atomic E-state index is 0.105. The van der Waals surface area contributed by atoms with Crippen LogP contribution in [0.25, 0.3) is 11.0 Å². The monoisotopic (exact) mass is 437 g/mol. The van der Waals surface area contributed by atoms with E-state index in [4.69, 9.17) is 14.2 Å². The predicted molar refractivity (Wildman–Crippen MR) is 121 cm³/mol. The molecule has 2 aliphatic rings. The number of aromatic nitrogens is 4. The van der Waals surface area contributed by atoms with Crippen LogP contribution in [0.1, 0.15) is 74.6 Å². The molecule has 2 aromatic heterocycles. The van der Waals surface area contributed by atoms with Crippen LogP contribution in [-0.2, 0) is 24.0 Å². The summed E-state index contributed by atoms with van der Waals surface area (Å²) >= 11 is 0. The van der Waals surface area contributed by atoms with Crippen LogP contribution in [0.5, 0.6) is 0 Å². The molecule has 1 aliphatic carbocycles. The van der Waals surface area contributed by atoms with E-state index in [2.05, 4.69) is 33.8 Å². The standard InChI is InChI=1S/C24H31N5O3/c1-15-9-10-18-19(28(15)24(30)31-3)11-12-20-23(18)26-21(13-14-22-25-16(2)27-32-22)29(20)17-7-5-4-6-8-17/h11-12,15,17H,4-10,13-14H2,1-3H3/t15-/m0/s1. The Bertz CT molecular complexity index is 1130. The van der Waals surface area contributed by atoms with E-state index in [1.165, 1.54) is 44.7 Å². The van der Waals surface area contributed by atoms with Crippen LogP contribution in [0.4, 0.5) is 10.5 Å². The first-order valence-corrected chi connectivity index (χ1v) is 11.8. The highest BCUT2D eigenvalue weighted by Crippen LogP contribution is 2.39. The summed E-state index contributed by atoms with van der Waals surface area (Å²) in [6.07, 6.45) is 9.10. The Morgan fingerprint density at radius 2 is 1.97 bits per heavy atom. The van der Waals surface area contributed by atoms with Gasteiger partial charge in [0.05, 0.1) is 23.8 Å². The molecule has 0 saturated heterocycles. The second-order valence-electron chi connectivity index (χ2n) is 9.08. The molecule has 32 heavy (non-hydrogen) atoms. The molecule has 8 heteroatoms. The molecular formula is C24H31N5O3. The molecule has 0 radical (unpaired) electrons. The minimum Gasteiger partial charge on any atom is -0.452 e. The molecule has 170 valence electrons. The molecule has 0 bridgehead atoms. The summed E-state index contributed by atoms with van der Waals surface area (Å²) in [7, 11) is 1.44. The zero-order valence-corrected chi connectivity index (χ0v) is 19.1. The van der Waals surface area contributed by atoms with E-state index >= 15 is 0 Å². The molecular weight excluding hydrogens is 406 g/mol. The summed E-state index contributed by atoms with van der Waals surface area (Å²) in [6, 6.07) is 4.79. The predicted octanol–water partition coefficient (Wildman–Crippen LogP) is 4.93. The number of hydrogen-bond acceptors (Lipinski definition) is 6. The fourth-order valence-electron chi connectivity index (χ4n) is 5.41. The fraction of sp³-hybridized carbons (Fsp3) is 0.583. The first-order chi connectivity index (χ1) is 15.6. The number of carbonyl (C=O) groups is 1. The molecule has 1 aromatic carbocycles. The number of anilines is 1. The minimum atomic E-state index is -0.309. The largest absolute Gasteiger partial charge is 0.452 e. The second-order valence-corrected chi connectivity index (χ2v) is 9.08. The number of ether oxygens (including phenoxy) is 1. The zero-order valence-electron chi connectivity index (χ0n) is 19.1.